The summed E-state index contributed by atoms with van der Waals surface area (Å²) in [5.41, 5.74) is 7.53. The largest absolute Gasteiger partial charge is 0.490 e. The second kappa shape index (κ2) is 10.0. The third kappa shape index (κ3) is 6.22. The zero-order chi connectivity index (χ0) is 24.0. The van der Waals surface area contributed by atoms with Crippen LogP contribution in [-0.4, -0.2) is 37.0 Å². The maximum atomic E-state index is 10.6. The lowest BCUT2D eigenvalue weighted by molar-refractivity contribution is -0.192. The van der Waals surface area contributed by atoms with Gasteiger partial charge in [0.05, 0.1) is 30.0 Å². The third-order valence-corrected chi connectivity index (χ3v) is 4.82. The highest BCUT2D eigenvalue weighted by Gasteiger charge is 2.38. The van der Waals surface area contributed by atoms with Crippen molar-refractivity contribution in [2.45, 2.75) is 26.6 Å². The summed E-state index contributed by atoms with van der Waals surface area (Å²) in [7, 11) is 0. The average molecular weight is 457 g/mol. The van der Waals surface area contributed by atoms with Crippen molar-refractivity contribution < 1.29 is 23.1 Å². The maximum absolute atomic E-state index is 10.6. The summed E-state index contributed by atoms with van der Waals surface area (Å²) in [6, 6.07) is 20.6. The van der Waals surface area contributed by atoms with Crippen LogP contribution < -0.4 is 5.32 Å². The summed E-state index contributed by atoms with van der Waals surface area (Å²) in [5, 5.41) is 18.0. The lowest BCUT2D eigenvalue weighted by Gasteiger charge is -2.08. The number of hydrogen-bond donors (Lipinski definition) is 3. The Bertz CT molecular complexity index is 1200. The van der Waals surface area contributed by atoms with Gasteiger partial charge < -0.3 is 15.0 Å². The highest BCUT2D eigenvalue weighted by Crippen LogP contribution is 2.19. The summed E-state index contributed by atoms with van der Waals surface area (Å²) in [6.07, 6.45) is -3.22. The second-order valence-electron chi connectivity index (χ2n) is 7.13. The topological polar surface area (TPSA) is 95.8 Å². The van der Waals surface area contributed by atoms with Crippen molar-refractivity contribution in [1.82, 2.24) is 19.7 Å². The number of aliphatic carboxylic acids is 1. The number of rotatable bonds is 5. The van der Waals surface area contributed by atoms with E-state index in [9.17, 15) is 13.2 Å². The minimum Gasteiger partial charge on any atom is -0.475 e. The van der Waals surface area contributed by atoms with Crippen molar-refractivity contribution >= 4 is 11.7 Å². The summed E-state index contributed by atoms with van der Waals surface area (Å²) in [4.78, 5) is 13.3. The van der Waals surface area contributed by atoms with Gasteiger partial charge in [-0.15, -0.1) is 0 Å². The molecule has 0 fully saturated rings. The van der Waals surface area contributed by atoms with Gasteiger partial charge in [-0.2, -0.15) is 18.3 Å². The number of benzene rings is 2. The Morgan fingerprint density at radius 3 is 2.27 bits per heavy atom. The molecule has 7 nitrogen and oxygen atoms in total. The molecule has 0 aliphatic heterocycles. The molecule has 2 heterocycles. The van der Waals surface area contributed by atoms with Crippen molar-refractivity contribution in [2.75, 3.05) is 5.32 Å². The zero-order valence-electron chi connectivity index (χ0n) is 17.9. The molecule has 2 aromatic carbocycles. The van der Waals surface area contributed by atoms with Gasteiger partial charge in [0.1, 0.15) is 0 Å². The fourth-order valence-electron chi connectivity index (χ4n) is 2.91. The molecule has 2 aromatic heterocycles. The van der Waals surface area contributed by atoms with E-state index in [1.807, 2.05) is 31.5 Å². The van der Waals surface area contributed by atoms with Gasteiger partial charge in [0.2, 0.25) is 0 Å². The number of imidazole rings is 1. The van der Waals surface area contributed by atoms with Crippen LogP contribution >= 0.6 is 0 Å². The van der Waals surface area contributed by atoms with Gasteiger partial charge in [0.15, 0.2) is 0 Å². The van der Waals surface area contributed by atoms with Gasteiger partial charge in [-0.05, 0) is 44.2 Å². The van der Waals surface area contributed by atoms with Crippen LogP contribution in [-0.2, 0) is 11.3 Å². The van der Waals surface area contributed by atoms with Gasteiger partial charge in [-0.25, -0.2) is 9.78 Å². The Labute approximate surface area is 187 Å². The molecule has 10 heteroatoms. The van der Waals surface area contributed by atoms with E-state index in [0.29, 0.717) is 6.54 Å². The van der Waals surface area contributed by atoms with E-state index in [1.165, 1.54) is 0 Å². The summed E-state index contributed by atoms with van der Waals surface area (Å²) in [6.45, 7) is 4.80. The predicted octanol–water partition coefficient (Wildman–Crippen LogP) is 5.12. The predicted molar refractivity (Wildman–Crippen MR) is 118 cm³/mol. The van der Waals surface area contributed by atoms with Crippen LogP contribution in [0.25, 0.3) is 16.9 Å². The first kappa shape index (κ1) is 23.6. The molecule has 0 saturated heterocycles. The fourth-order valence-corrected chi connectivity index (χ4v) is 2.91. The molecule has 4 aromatic rings. The van der Waals surface area contributed by atoms with Crippen molar-refractivity contribution in [3.63, 3.8) is 0 Å². The number of anilines is 1. The molecule has 3 N–H and O–H groups in total. The number of aromatic nitrogens is 4. The van der Waals surface area contributed by atoms with Crippen molar-refractivity contribution in [3.05, 3.63) is 84.1 Å². The number of H-pyrrole nitrogens is 1. The van der Waals surface area contributed by atoms with E-state index in [0.717, 1.165) is 39.7 Å². The van der Waals surface area contributed by atoms with Crippen LogP contribution in [0, 0.1) is 13.8 Å². The van der Waals surface area contributed by atoms with E-state index in [2.05, 4.69) is 74.5 Å². The lowest BCUT2D eigenvalue weighted by atomic mass is 10.1. The number of halogens is 3. The molecule has 4 rings (SSSR count). The number of nitrogens with zero attached hydrogens (tertiary/aromatic N) is 3. The molecule has 0 amide bonds. The van der Waals surface area contributed by atoms with Crippen LogP contribution in [0.15, 0.2) is 67.0 Å². The first-order valence-electron chi connectivity index (χ1n) is 9.90. The zero-order valence-corrected chi connectivity index (χ0v) is 17.9. The number of carboxylic acid groups (broad SMARTS) is 1. The molecule has 0 aliphatic rings. The summed E-state index contributed by atoms with van der Waals surface area (Å²) in [5.74, 6) is -2.76. The summed E-state index contributed by atoms with van der Waals surface area (Å²) < 4.78 is 33.8. The Morgan fingerprint density at radius 1 is 1.09 bits per heavy atom. The molecule has 0 radical (unpaired) electrons. The van der Waals surface area contributed by atoms with Gasteiger partial charge >= 0.3 is 12.1 Å². The van der Waals surface area contributed by atoms with E-state index in [-0.39, 0.29) is 0 Å². The van der Waals surface area contributed by atoms with Gasteiger partial charge in [-0.1, -0.05) is 30.3 Å². The van der Waals surface area contributed by atoms with Crippen molar-refractivity contribution in [1.29, 1.82) is 0 Å². The van der Waals surface area contributed by atoms with Crippen LogP contribution in [0.1, 0.15) is 17.1 Å². The fraction of sp³-hybridized carbons (Fsp3) is 0.174. The Kier molecular flexibility index (Phi) is 7.17. The van der Waals surface area contributed by atoms with E-state index in [4.69, 9.17) is 9.90 Å². The monoisotopic (exact) mass is 457 g/mol. The number of aryl methyl sites for hydroxylation is 1. The van der Waals surface area contributed by atoms with Crippen molar-refractivity contribution in [2.24, 2.45) is 0 Å². The molecular formula is C23H22F3N5O2. The van der Waals surface area contributed by atoms with E-state index in [1.54, 1.807) is 0 Å². The quantitative estimate of drug-likeness (QED) is 0.386. The minimum absolute atomic E-state index is 0.697. The van der Waals surface area contributed by atoms with Gasteiger partial charge in [-0.3, -0.25) is 5.10 Å². The second-order valence-corrected chi connectivity index (χ2v) is 7.13. The lowest BCUT2D eigenvalue weighted by Crippen LogP contribution is -2.21. The Morgan fingerprint density at radius 2 is 1.73 bits per heavy atom. The first-order valence-corrected chi connectivity index (χ1v) is 9.90. The van der Waals surface area contributed by atoms with E-state index < -0.39 is 12.1 Å². The highest BCUT2D eigenvalue weighted by atomic mass is 19.4. The molecular weight excluding hydrogens is 435 g/mol. The SMILES string of the molecule is Cc1ncn(-c2ccc(NCc3cc(-c4ccccc4)n[nH]3)cc2)c1C.O=C(O)C(F)(F)F. The molecule has 0 aliphatic carbocycles. The number of alkyl halides is 3. The number of aromatic amines is 1. The molecule has 172 valence electrons. The first-order chi connectivity index (χ1) is 15.6. The van der Waals surface area contributed by atoms with Gasteiger partial charge in [0.25, 0.3) is 0 Å². The molecule has 33 heavy (non-hydrogen) atoms. The van der Waals surface area contributed by atoms with Crippen molar-refractivity contribution in [3.8, 4) is 16.9 Å². The number of nitrogens with one attached hydrogen (secondary N) is 2. The summed E-state index contributed by atoms with van der Waals surface area (Å²) >= 11 is 0. The van der Waals surface area contributed by atoms with Crippen LogP contribution in [0.4, 0.5) is 18.9 Å². The smallest absolute Gasteiger partial charge is 0.475 e. The molecule has 0 atom stereocenters. The number of carboxylic acids is 1. The number of carbonyl (C=O) groups is 1. The van der Waals surface area contributed by atoms with Crippen LogP contribution in [0.3, 0.4) is 0 Å². The van der Waals surface area contributed by atoms with Gasteiger partial charge in [0, 0.05) is 22.6 Å². The molecule has 0 unspecified atom stereocenters. The average Bonchev–Trinajstić information content (AvgIpc) is 3.40. The van der Waals surface area contributed by atoms with Crippen LogP contribution in [0.2, 0.25) is 0 Å². The van der Waals surface area contributed by atoms with E-state index >= 15 is 0 Å². The van der Waals surface area contributed by atoms with Crippen LogP contribution in [0.5, 0.6) is 0 Å². The standard InChI is InChI=1S/C21H21N5.C2HF3O2/c1-15-16(2)26(14-23-15)20-10-8-18(9-11-20)22-13-19-12-21(25-24-19)17-6-4-3-5-7-17;3-2(4,5)1(6)7/h3-12,14,22H,13H2,1-2H3,(H,24,25);(H,6,7). The third-order valence-electron chi connectivity index (χ3n) is 4.82. The normalized spacial score (nSPS) is 10.9. The maximum Gasteiger partial charge on any atom is 0.490 e. The minimum atomic E-state index is -5.08. The highest BCUT2D eigenvalue weighted by molar-refractivity contribution is 5.73. The number of hydrogen-bond acceptors (Lipinski definition) is 4. The Balaban J connectivity index is 0.000000383. The Hall–Kier alpha value is -4.08. The molecule has 0 bridgehead atoms. The molecule has 0 spiro atoms. The molecule has 0 saturated carbocycles.